The molecule has 0 aliphatic heterocycles. The summed E-state index contributed by atoms with van der Waals surface area (Å²) >= 11 is 11.5. The predicted molar refractivity (Wildman–Crippen MR) is 99.1 cm³/mol. The Balaban J connectivity index is 2.40. The molecule has 3 amide bonds. The van der Waals surface area contributed by atoms with E-state index in [9.17, 15) is 22.8 Å². The molecule has 12 heteroatoms. The van der Waals surface area contributed by atoms with Crippen molar-refractivity contribution in [1.82, 2.24) is 15.4 Å². The zero-order chi connectivity index (χ0) is 20.4. The van der Waals surface area contributed by atoms with Crippen LogP contribution in [0.5, 0.6) is 0 Å². The number of imide groups is 1. The first-order valence-corrected chi connectivity index (χ1v) is 10.1. The van der Waals surface area contributed by atoms with Crippen molar-refractivity contribution >= 4 is 51.1 Å². The summed E-state index contributed by atoms with van der Waals surface area (Å²) in [5.74, 6) is -1.84. The zero-order valence-corrected chi connectivity index (χ0v) is 16.7. The number of nitrogens with one attached hydrogen (secondary N) is 3. The Labute approximate surface area is 166 Å². The number of esters is 1. The molecule has 0 spiro atoms. The first kappa shape index (κ1) is 23.2. The number of unbranched alkanes of at least 4 members (excludes halogenated alkanes) is 1. The topological polar surface area (TPSA) is 131 Å². The highest BCUT2D eigenvalue weighted by Crippen LogP contribution is 2.24. The van der Waals surface area contributed by atoms with Crippen LogP contribution in [-0.4, -0.2) is 46.0 Å². The van der Waals surface area contributed by atoms with Crippen molar-refractivity contribution in [3.8, 4) is 0 Å². The van der Waals surface area contributed by atoms with Gasteiger partial charge in [-0.25, -0.2) is 13.2 Å². The fourth-order valence-corrected chi connectivity index (χ4v) is 3.02. The van der Waals surface area contributed by atoms with E-state index in [2.05, 4.69) is 10.1 Å². The molecular weight excluding hydrogens is 421 g/mol. The van der Waals surface area contributed by atoms with Crippen LogP contribution in [0, 0.1) is 0 Å². The third-order valence-corrected chi connectivity index (χ3v) is 5.18. The minimum absolute atomic E-state index is 0.0380. The van der Waals surface area contributed by atoms with Crippen molar-refractivity contribution in [3.05, 3.63) is 28.2 Å². The van der Waals surface area contributed by atoms with Gasteiger partial charge in [0.25, 0.3) is 5.91 Å². The molecule has 0 aliphatic carbocycles. The summed E-state index contributed by atoms with van der Waals surface area (Å²) in [4.78, 5) is 34.2. The summed E-state index contributed by atoms with van der Waals surface area (Å²) in [6.07, 6.45) is 1.64. The molecule has 0 fully saturated rings. The van der Waals surface area contributed by atoms with Crippen molar-refractivity contribution in [2.24, 2.45) is 0 Å². The van der Waals surface area contributed by atoms with Gasteiger partial charge in [0.1, 0.15) is 6.54 Å². The monoisotopic (exact) mass is 439 g/mol. The molecule has 0 unspecified atom stereocenters. The van der Waals surface area contributed by atoms with E-state index in [4.69, 9.17) is 23.2 Å². The summed E-state index contributed by atoms with van der Waals surface area (Å²) < 4.78 is 30.7. The number of amides is 3. The highest BCUT2D eigenvalue weighted by molar-refractivity contribution is 7.89. The lowest BCUT2D eigenvalue weighted by Gasteiger charge is -2.09. The molecule has 0 heterocycles. The van der Waals surface area contributed by atoms with E-state index in [-0.39, 0.29) is 14.9 Å². The Morgan fingerprint density at radius 1 is 1.15 bits per heavy atom. The second-order valence-electron chi connectivity index (χ2n) is 5.22. The second-order valence-corrected chi connectivity index (χ2v) is 7.80. The maximum Gasteiger partial charge on any atom is 0.321 e. The van der Waals surface area contributed by atoms with Crippen LogP contribution in [0.1, 0.15) is 19.8 Å². The van der Waals surface area contributed by atoms with Crippen LogP contribution in [0.15, 0.2) is 23.1 Å². The van der Waals surface area contributed by atoms with E-state index < -0.39 is 41.1 Å². The summed E-state index contributed by atoms with van der Waals surface area (Å²) in [6.45, 7) is 0.916. The van der Waals surface area contributed by atoms with Gasteiger partial charge in [0.05, 0.1) is 14.9 Å². The van der Waals surface area contributed by atoms with Crippen molar-refractivity contribution < 1.29 is 27.5 Å². The number of sulfonamides is 1. The van der Waals surface area contributed by atoms with Crippen LogP contribution < -0.4 is 15.4 Å². The smallest absolute Gasteiger partial charge is 0.321 e. The van der Waals surface area contributed by atoms with Gasteiger partial charge in [0.2, 0.25) is 10.0 Å². The Kier molecular flexibility index (Phi) is 9.50. The molecule has 0 aromatic heterocycles. The standard InChI is InChI=1S/C15H19Cl2N3O6S/c1-2-3-6-18-15(23)20-13(21)9-26-14(22)8-19-27(24,25)10-4-5-11(16)12(17)7-10/h4-5,7,19H,2-3,6,8-9H2,1H3,(H2,18,20,21,23). The van der Waals surface area contributed by atoms with E-state index in [0.717, 1.165) is 18.9 Å². The number of urea groups is 1. The fourth-order valence-electron chi connectivity index (χ4n) is 1.66. The van der Waals surface area contributed by atoms with Gasteiger partial charge in [-0.2, -0.15) is 4.72 Å². The zero-order valence-electron chi connectivity index (χ0n) is 14.4. The van der Waals surface area contributed by atoms with Gasteiger partial charge in [-0.1, -0.05) is 36.5 Å². The Morgan fingerprint density at radius 3 is 2.48 bits per heavy atom. The highest BCUT2D eigenvalue weighted by atomic mass is 35.5. The average molecular weight is 440 g/mol. The van der Waals surface area contributed by atoms with Gasteiger partial charge < -0.3 is 10.1 Å². The lowest BCUT2D eigenvalue weighted by Crippen LogP contribution is -2.42. The SMILES string of the molecule is CCCCNC(=O)NC(=O)COC(=O)CNS(=O)(=O)c1ccc(Cl)c(Cl)c1. The van der Waals surface area contributed by atoms with E-state index in [1.54, 1.807) is 0 Å². The molecule has 0 atom stereocenters. The molecule has 27 heavy (non-hydrogen) atoms. The molecule has 1 aromatic carbocycles. The molecule has 0 saturated carbocycles. The van der Waals surface area contributed by atoms with Crippen LogP contribution >= 0.6 is 23.2 Å². The number of halogens is 2. The van der Waals surface area contributed by atoms with Crippen molar-refractivity contribution in [3.63, 3.8) is 0 Å². The predicted octanol–water partition coefficient (Wildman–Crippen LogP) is 1.44. The van der Waals surface area contributed by atoms with Gasteiger partial charge in [0, 0.05) is 6.54 Å². The Hall–Kier alpha value is -1.88. The van der Waals surface area contributed by atoms with Gasteiger partial charge in [-0.05, 0) is 24.6 Å². The third-order valence-electron chi connectivity index (χ3n) is 3.04. The van der Waals surface area contributed by atoms with Gasteiger partial charge in [-0.15, -0.1) is 0 Å². The summed E-state index contributed by atoms with van der Waals surface area (Å²) in [7, 11) is -4.02. The third kappa shape index (κ3) is 8.57. The molecule has 0 radical (unpaired) electrons. The minimum atomic E-state index is -4.02. The van der Waals surface area contributed by atoms with Crippen molar-refractivity contribution in [2.45, 2.75) is 24.7 Å². The maximum atomic E-state index is 12.1. The molecule has 9 nitrogen and oxygen atoms in total. The van der Waals surface area contributed by atoms with Crippen LogP contribution in [0.2, 0.25) is 10.0 Å². The molecule has 1 aromatic rings. The van der Waals surface area contributed by atoms with Gasteiger partial charge in [0.15, 0.2) is 6.61 Å². The Bertz CT molecular complexity index is 801. The highest BCUT2D eigenvalue weighted by Gasteiger charge is 2.18. The average Bonchev–Trinajstić information content (AvgIpc) is 2.60. The number of carbonyl (C=O) groups is 3. The first-order valence-electron chi connectivity index (χ1n) is 7.83. The minimum Gasteiger partial charge on any atom is -0.455 e. The molecule has 3 N–H and O–H groups in total. The molecule has 0 saturated heterocycles. The summed E-state index contributed by atoms with van der Waals surface area (Å²) in [6, 6.07) is 2.94. The van der Waals surface area contributed by atoms with Crippen molar-refractivity contribution in [1.29, 1.82) is 0 Å². The van der Waals surface area contributed by atoms with E-state index in [1.165, 1.54) is 12.1 Å². The number of rotatable bonds is 9. The largest absolute Gasteiger partial charge is 0.455 e. The lowest BCUT2D eigenvalue weighted by atomic mass is 10.3. The number of ether oxygens (including phenoxy) is 1. The van der Waals surface area contributed by atoms with E-state index in [0.29, 0.717) is 6.54 Å². The lowest BCUT2D eigenvalue weighted by molar-refractivity contribution is -0.147. The number of hydrogen-bond acceptors (Lipinski definition) is 6. The quantitative estimate of drug-likeness (QED) is 0.394. The van der Waals surface area contributed by atoms with Crippen LogP contribution in [0.3, 0.4) is 0 Å². The van der Waals surface area contributed by atoms with Gasteiger partial charge >= 0.3 is 12.0 Å². The normalized spacial score (nSPS) is 10.9. The summed E-state index contributed by atoms with van der Waals surface area (Å²) in [5.41, 5.74) is 0. The van der Waals surface area contributed by atoms with Crippen LogP contribution in [0.25, 0.3) is 0 Å². The van der Waals surface area contributed by atoms with Gasteiger partial charge in [-0.3, -0.25) is 14.9 Å². The van der Waals surface area contributed by atoms with Crippen LogP contribution in [0.4, 0.5) is 4.79 Å². The molecule has 0 bridgehead atoms. The van der Waals surface area contributed by atoms with E-state index in [1.807, 2.05) is 17.0 Å². The van der Waals surface area contributed by atoms with Crippen LogP contribution in [-0.2, 0) is 24.3 Å². The molecule has 1 rings (SSSR count). The number of benzene rings is 1. The Morgan fingerprint density at radius 2 is 1.85 bits per heavy atom. The molecular formula is C15H19Cl2N3O6S. The van der Waals surface area contributed by atoms with E-state index >= 15 is 0 Å². The second kappa shape index (κ2) is 11.1. The maximum absolute atomic E-state index is 12.1. The number of hydrogen-bond donors (Lipinski definition) is 3. The summed E-state index contributed by atoms with van der Waals surface area (Å²) in [5, 5.41) is 4.64. The molecule has 0 aliphatic rings. The first-order chi connectivity index (χ1) is 12.7. The van der Waals surface area contributed by atoms with Crippen molar-refractivity contribution in [2.75, 3.05) is 19.7 Å². The number of carbonyl (C=O) groups excluding carboxylic acids is 3. The molecule has 150 valence electrons. The fraction of sp³-hybridized carbons (Fsp3) is 0.400.